The summed E-state index contributed by atoms with van der Waals surface area (Å²) in [5.74, 6) is -1.72. The number of aromatic nitrogens is 2. The molecule has 1 atom stereocenters. The van der Waals surface area contributed by atoms with Crippen molar-refractivity contribution in [2.24, 2.45) is 4.99 Å². The molecule has 3 heterocycles. The van der Waals surface area contributed by atoms with E-state index in [1.54, 1.807) is 29.2 Å². The molecule has 1 aromatic heterocycles. The minimum absolute atomic E-state index is 0.0551. The Balaban J connectivity index is 1.17. The first-order valence-corrected chi connectivity index (χ1v) is 11.3. The lowest BCUT2D eigenvalue weighted by atomic mass is 10.1. The number of benzene rings is 2. The molecule has 0 saturated carbocycles. The van der Waals surface area contributed by atoms with Gasteiger partial charge in [-0.3, -0.25) is 9.69 Å². The highest BCUT2D eigenvalue weighted by Gasteiger charge is 2.38. The third-order valence-electron chi connectivity index (χ3n) is 5.97. The summed E-state index contributed by atoms with van der Waals surface area (Å²) >= 11 is 0. The molecule has 188 valence electrons. The van der Waals surface area contributed by atoms with E-state index in [1.807, 2.05) is 0 Å². The number of rotatable bonds is 5. The van der Waals surface area contributed by atoms with Crippen molar-refractivity contribution < 1.29 is 31.6 Å². The van der Waals surface area contributed by atoms with Gasteiger partial charge in [-0.25, -0.2) is 9.38 Å². The van der Waals surface area contributed by atoms with E-state index < -0.39 is 12.1 Å². The predicted molar refractivity (Wildman–Crippen MR) is 120 cm³/mol. The fourth-order valence-corrected chi connectivity index (χ4v) is 4.12. The molecule has 1 fully saturated rings. The van der Waals surface area contributed by atoms with E-state index in [0.717, 1.165) is 5.56 Å². The number of nitrogens with zero attached hydrogens (tertiary/aromatic N) is 5. The zero-order chi connectivity index (χ0) is 25.3. The smallest absolute Gasteiger partial charge is 0.471 e. The largest absolute Gasteiger partial charge is 0.475 e. The van der Waals surface area contributed by atoms with E-state index in [2.05, 4.69) is 24.6 Å². The molecule has 36 heavy (non-hydrogen) atoms. The lowest BCUT2D eigenvalue weighted by Gasteiger charge is -2.35. The van der Waals surface area contributed by atoms with Crippen molar-refractivity contribution >= 4 is 11.8 Å². The lowest BCUT2D eigenvalue weighted by molar-refractivity contribution is -0.159. The molecule has 0 aliphatic carbocycles. The third-order valence-corrected chi connectivity index (χ3v) is 5.97. The molecule has 5 rings (SSSR count). The Bertz CT molecular complexity index is 1270. The molecule has 2 aliphatic rings. The molecule has 0 radical (unpaired) electrons. The number of piperazine rings is 1. The van der Waals surface area contributed by atoms with Crippen LogP contribution in [0.2, 0.25) is 0 Å². The minimum Gasteiger partial charge on any atom is -0.475 e. The molecule has 1 saturated heterocycles. The first kappa shape index (κ1) is 23.9. The summed E-state index contributed by atoms with van der Waals surface area (Å²) in [5.41, 5.74) is 1.32. The molecule has 2 aliphatic heterocycles. The maximum atomic E-state index is 13.1. The lowest BCUT2D eigenvalue weighted by Crippen LogP contribution is -2.50. The number of ether oxygens (including phenoxy) is 1. The second kappa shape index (κ2) is 9.69. The minimum atomic E-state index is -4.74. The Morgan fingerprint density at radius 3 is 2.47 bits per heavy atom. The highest BCUT2D eigenvalue weighted by Crippen LogP contribution is 2.29. The van der Waals surface area contributed by atoms with Crippen molar-refractivity contribution in [3.05, 3.63) is 71.4 Å². The quantitative estimate of drug-likeness (QED) is 0.496. The summed E-state index contributed by atoms with van der Waals surface area (Å²) in [7, 11) is 0. The van der Waals surface area contributed by atoms with Gasteiger partial charge in [0.15, 0.2) is 0 Å². The van der Waals surface area contributed by atoms with Crippen LogP contribution in [0.4, 0.5) is 17.6 Å². The van der Waals surface area contributed by atoms with Gasteiger partial charge in [-0.1, -0.05) is 17.3 Å². The van der Waals surface area contributed by atoms with Crippen molar-refractivity contribution in [2.75, 3.05) is 39.3 Å². The number of hydrogen-bond acceptors (Lipinski definition) is 7. The average molecular weight is 503 g/mol. The Morgan fingerprint density at radius 1 is 1.03 bits per heavy atom. The molecule has 3 aromatic rings. The second-order valence-corrected chi connectivity index (χ2v) is 8.50. The van der Waals surface area contributed by atoms with Gasteiger partial charge in [-0.2, -0.15) is 18.2 Å². The van der Waals surface area contributed by atoms with Crippen molar-refractivity contribution in [3.8, 4) is 11.4 Å². The number of amides is 1. The normalized spacial score (nSPS) is 18.7. The highest BCUT2D eigenvalue weighted by atomic mass is 19.4. The van der Waals surface area contributed by atoms with Crippen LogP contribution in [0.15, 0.2) is 58.0 Å². The van der Waals surface area contributed by atoms with Crippen LogP contribution in [0.5, 0.6) is 0 Å². The number of aliphatic imine (C=N–C) groups is 1. The molecule has 8 nitrogen and oxygen atoms in total. The summed E-state index contributed by atoms with van der Waals surface area (Å²) in [5, 5.41) is 3.38. The first-order chi connectivity index (χ1) is 17.3. The van der Waals surface area contributed by atoms with Gasteiger partial charge in [0.05, 0.1) is 0 Å². The van der Waals surface area contributed by atoms with Gasteiger partial charge in [0.25, 0.3) is 5.91 Å². The van der Waals surface area contributed by atoms with E-state index in [4.69, 9.17) is 4.74 Å². The number of alkyl halides is 3. The van der Waals surface area contributed by atoms with Gasteiger partial charge in [0, 0.05) is 49.4 Å². The molecular weight excluding hydrogens is 482 g/mol. The van der Waals surface area contributed by atoms with Gasteiger partial charge in [0.2, 0.25) is 11.7 Å². The summed E-state index contributed by atoms with van der Waals surface area (Å²) in [6.07, 6.45) is -4.74. The summed E-state index contributed by atoms with van der Waals surface area (Å²) in [4.78, 5) is 24.9. The standard InChI is InChI=1S/C24H21F4N5O3/c25-18-6-4-15(5-7-18)21-29-19(14-35-21)13-32-8-10-33(11-9-32)22(34)17-3-1-2-16(12-17)20-30-23(36-31-20)24(26,27)28/h1-7,12,19H,8-11,13-14H2. The highest BCUT2D eigenvalue weighted by molar-refractivity contribution is 5.95. The molecule has 1 unspecified atom stereocenters. The van der Waals surface area contributed by atoms with Crippen LogP contribution in [0.1, 0.15) is 21.8 Å². The monoisotopic (exact) mass is 503 g/mol. The Morgan fingerprint density at radius 2 is 1.78 bits per heavy atom. The maximum Gasteiger partial charge on any atom is 0.471 e. The number of carbonyl (C=O) groups is 1. The molecule has 0 bridgehead atoms. The number of halogens is 4. The fraction of sp³-hybridized carbons (Fsp3) is 0.333. The third kappa shape index (κ3) is 5.23. The van der Waals surface area contributed by atoms with Crippen LogP contribution >= 0.6 is 0 Å². The van der Waals surface area contributed by atoms with E-state index in [-0.39, 0.29) is 29.2 Å². The maximum absolute atomic E-state index is 13.1. The molecule has 0 N–H and O–H groups in total. The molecule has 12 heteroatoms. The van der Waals surface area contributed by atoms with E-state index in [1.165, 1.54) is 24.3 Å². The van der Waals surface area contributed by atoms with E-state index >= 15 is 0 Å². The van der Waals surface area contributed by atoms with Gasteiger partial charge in [-0.05, 0) is 36.4 Å². The summed E-state index contributed by atoms with van der Waals surface area (Å²) in [6, 6.07) is 12.1. The number of carbonyl (C=O) groups excluding carboxylic acids is 1. The van der Waals surface area contributed by atoms with Crippen LogP contribution in [0.25, 0.3) is 11.4 Å². The Labute approximate surface area is 203 Å². The fourth-order valence-electron chi connectivity index (χ4n) is 4.12. The van der Waals surface area contributed by atoms with Crippen LogP contribution in [-0.4, -0.2) is 77.1 Å². The zero-order valence-electron chi connectivity index (χ0n) is 18.9. The van der Waals surface area contributed by atoms with Gasteiger partial charge >= 0.3 is 12.1 Å². The van der Waals surface area contributed by atoms with E-state index in [9.17, 15) is 22.4 Å². The average Bonchev–Trinajstić information content (AvgIpc) is 3.55. The van der Waals surface area contributed by atoms with Crippen LogP contribution < -0.4 is 0 Å². The van der Waals surface area contributed by atoms with Crippen molar-refractivity contribution in [1.29, 1.82) is 0 Å². The molecular formula is C24H21F4N5O3. The van der Waals surface area contributed by atoms with Gasteiger partial charge < -0.3 is 14.2 Å². The van der Waals surface area contributed by atoms with Crippen LogP contribution in [0, 0.1) is 5.82 Å². The molecule has 1 amide bonds. The van der Waals surface area contributed by atoms with Gasteiger partial charge in [0.1, 0.15) is 18.5 Å². The molecule has 0 spiro atoms. The predicted octanol–water partition coefficient (Wildman–Crippen LogP) is 3.50. The molecule has 2 aromatic carbocycles. The van der Waals surface area contributed by atoms with Crippen molar-refractivity contribution in [1.82, 2.24) is 19.9 Å². The van der Waals surface area contributed by atoms with Gasteiger partial charge in [-0.15, -0.1) is 0 Å². The van der Waals surface area contributed by atoms with Crippen molar-refractivity contribution in [3.63, 3.8) is 0 Å². The second-order valence-electron chi connectivity index (χ2n) is 8.50. The topological polar surface area (TPSA) is 84.1 Å². The number of hydrogen-bond donors (Lipinski definition) is 0. The SMILES string of the molecule is O=C(c1cccc(-c2noc(C(F)(F)F)n2)c1)N1CCN(CC2COC(c3ccc(F)cc3)=N2)CC1. The summed E-state index contributed by atoms with van der Waals surface area (Å²) < 4.78 is 61.3. The first-order valence-electron chi connectivity index (χ1n) is 11.3. The summed E-state index contributed by atoms with van der Waals surface area (Å²) in [6.45, 7) is 3.37. The van der Waals surface area contributed by atoms with Crippen LogP contribution in [0.3, 0.4) is 0 Å². The zero-order valence-corrected chi connectivity index (χ0v) is 18.9. The van der Waals surface area contributed by atoms with Crippen molar-refractivity contribution in [2.45, 2.75) is 12.2 Å². The Hall–Kier alpha value is -3.80. The van der Waals surface area contributed by atoms with E-state index in [0.29, 0.717) is 50.8 Å². The Kier molecular flexibility index (Phi) is 6.44. The van der Waals surface area contributed by atoms with Crippen LogP contribution in [-0.2, 0) is 10.9 Å².